The largest absolute Gasteiger partial charge is 0.496 e. The normalized spacial score (nSPS) is 21.8. The molecule has 32 heavy (non-hydrogen) atoms. The Bertz CT molecular complexity index is 1300. The van der Waals surface area contributed by atoms with Gasteiger partial charge in [0.15, 0.2) is 5.78 Å². The average molecular weight is 464 g/mol. The first kappa shape index (κ1) is 20.8. The number of halogens is 2. The molecule has 0 fully saturated rings. The Labute approximate surface area is 195 Å². The number of anilines is 1. The number of fused-ring (bicyclic) bond motifs is 2. The number of rotatable bonds is 3. The standard InChI is InChI=1S/C26H19Cl2NO3/c1-32-24-8-3-2-7-18(24)19-14-26(20-10-9-17(28)12-22(20)29-25(26)31)21(13-23(19)30)15-5-4-6-16(27)11-15/h2-12,14,21H,13H2,1H3,(H,29,31)/t21-,26-/m0/s1. The number of nitrogens with one attached hydrogen (secondary N) is 1. The first-order valence-corrected chi connectivity index (χ1v) is 11.0. The lowest BCUT2D eigenvalue weighted by molar-refractivity contribution is -0.121. The molecule has 0 aromatic heterocycles. The third kappa shape index (κ3) is 3.14. The van der Waals surface area contributed by atoms with Gasteiger partial charge in [0, 0.05) is 39.2 Å². The van der Waals surface area contributed by atoms with E-state index in [9.17, 15) is 9.59 Å². The fourth-order valence-electron chi connectivity index (χ4n) is 4.88. The van der Waals surface area contributed by atoms with Gasteiger partial charge in [-0.05, 0) is 41.5 Å². The van der Waals surface area contributed by atoms with Crippen molar-refractivity contribution in [1.29, 1.82) is 0 Å². The van der Waals surface area contributed by atoms with Crippen LogP contribution in [-0.4, -0.2) is 18.8 Å². The van der Waals surface area contributed by atoms with E-state index in [2.05, 4.69) is 5.32 Å². The summed E-state index contributed by atoms with van der Waals surface area (Å²) < 4.78 is 5.51. The monoisotopic (exact) mass is 463 g/mol. The molecule has 3 aromatic carbocycles. The van der Waals surface area contributed by atoms with Crippen LogP contribution in [-0.2, 0) is 15.0 Å². The minimum Gasteiger partial charge on any atom is -0.496 e. The van der Waals surface area contributed by atoms with Crippen LogP contribution in [0.3, 0.4) is 0 Å². The van der Waals surface area contributed by atoms with Gasteiger partial charge < -0.3 is 10.1 Å². The summed E-state index contributed by atoms with van der Waals surface area (Å²) in [5.41, 5.74) is 2.32. The first-order valence-electron chi connectivity index (χ1n) is 10.2. The summed E-state index contributed by atoms with van der Waals surface area (Å²) in [6, 6.07) is 20.1. The summed E-state index contributed by atoms with van der Waals surface area (Å²) in [5.74, 6) is -0.0901. The highest BCUT2D eigenvalue weighted by molar-refractivity contribution is 6.31. The van der Waals surface area contributed by atoms with Gasteiger partial charge in [0.2, 0.25) is 5.91 Å². The van der Waals surface area contributed by atoms with E-state index >= 15 is 0 Å². The Hall–Kier alpha value is -3.08. The second-order valence-corrected chi connectivity index (χ2v) is 8.88. The minimum atomic E-state index is -1.09. The minimum absolute atomic E-state index is 0.0553. The van der Waals surface area contributed by atoms with Crippen molar-refractivity contribution in [3.63, 3.8) is 0 Å². The maximum atomic E-state index is 13.7. The number of para-hydroxylation sites is 1. The van der Waals surface area contributed by atoms with Gasteiger partial charge in [-0.3, -0.25) is 9.59 Å². The fourth-order valence-corrected chi connectivity index (χ4v) is 5.25. The van der Waals surface area contributed by atoms with Crippen LogP contribution in [0.4, 0.5) is 5.69 Å². The number of benzene rings is 3. The Kier molecular flexibility index (Phi) is 5.07. The number of carbonyl (C=O) groups excluding carboxylic acids is 2. The Morgan fingerprint density at radius 1 is 0.969 bits per heavy atom. The molecule has 2 atom stereocenters. The van der Waals surface area contributed by atoms with Gasteiger partial charge in [-0.1, -0.05) is 65.7 Å². The predicted molar refractivity (Wildman–Crippen MR) is 127 cm³/mol. The summed E-state index contributed by atoms with van der Waals surface area (Å²) >= 11 is 12.5. The molecule has 160 valence electrons. The van der Waals surface area contributed by atoms with Crippen LogP contribution >= 0.6 is 23.2 Å². The number of carbonyl (C=O) groups is 2. The second kappa shape index (κ2) is 7.80. The van der Waals surface area contributed by atoms with Crippen molar-refractivity contribution < 1.29 is 14.3 Å². The molecule has 1 amide bonds. The summed E-state index contributed by atoms with van der Waals surface area (Å²) in [5, 5.41) is 4.07. The molecule has 0 radical (unpaired) electrons. The molecule has 0 saturated heterocycles. The number of hydrogen-bond acceptors (Lipinski definition) is 3. The quantitative estimate of drug-likeness (QED) is 0.515. The second-order valence-electron chi connectivity index (χ2n) is 8.01. The van der Waals surface area contributed by atoms with E-state index in [1.165, 1.54) is 0 Å². The van der Waals surface area contributed by atoms with E-state index in [0.717, 1.165) is 11.1 Å². The van der Waals surface area contributed by atoms with Crippen LogP contribution < -0.4 is 10.1 Å². The number of methoxy groups -OCH3 is 1. The molecule has 6 heteroatoms. The maximum Gasteiger partial charge on any atom is 0.239 e. The molecule has 4 nitrogen and oxygen atoms in total. The molecule has 5 rings (SSSR count). The van der Waals surface area contributed by atoms with Crippen molar-refractivity contribution in [2.45, 2.75) is 17.8 Å². The van der Waals surface area contributed by atoms with Crippen molar-refractivity contribution in [3.8, 4) is 5.75 Å². The molecule has 0 bridgehead atoms. The third-order valence-corrected chi connectivity index (χ3v) is 6.78. The molecule has 1 N–H and O–H groups in total. The van der Waals surface area contributed by atoms with Crippen LogP contribution in [0.5, 0.6) is 5.75 Å². The van der Waals surface area contributed by atoms with Gasteiger partial charge in [0.05, 0.1) is 7.11 Å². The molecule has 2 aliphatic rings. The van der Waals surface area contributed by atoms with Gasteiger partial charge in [-0.2, -0.15) is 0 Å². The molecule has 1 spiro atoms. The molecular weight excluding hydrogens is 445 g/mol. The number of Topliss-reactive ketones (excluding diaryl/α,β-unsaturated/α-hetero) is 1. The smallest absolute Gasteiger partial charge is 0.239 e. The third-order valence-electron chi connectivity index (χ3n) is 6.31. The van der Waals surface area contributed by atoms with Gasteiger partial charge in [0.25, 0.3) is 0 Å². The van der Waals surface area contributed by atoms with Crippen molar-refractivity contribution in [2.24, 2.45) is 0 Å². The molecular formula is C26H19Cl2NO3. The fraction of sp³-hybridized carbons (Fsp3) is 0.154. The molecule has 1 aliphatic heterocycles. The maximum absolute atomic E-state index is 13.7. The van der Waals surface area contributed by atoms with E-state index in [0.29, 0.717) is 32.6 Å². The van der Waals surface area contributed by atoms with E-state index in [1.54, 1.807) is 31.4 Å². The van der Waals surface area contributed by atoms with Gasteiger partial charge in [-0.15, -0.1) is 0 Å². The molecule has 0 saturated carbocycles. The molecule has 3 aromatic rings. The highest BCUT2D eigenvalue weighted by Gasteiger charge is 2.54. The SMILES string of the molecule is COc1ccccc1C1=C[C@@]2(C(=O)Nc3cc(Cl)ccc32)[C@H](c2cccc(Cl)c2)CC1=O. The lowest BCUT2D eigenvalue weighted by Crippen LogP contribution is -2.43. The number of amides is 1. The Morgan fingerprint density at radius 2 is 1.75 bits per heavy atom. The number of ether oxygens (including phenoxy) is 1. The van der Waals surface area contributed by atoms with Crippen molar-refractivity contribution in [3.05, 3.63) is 99.5 Å². The summed E-state index contributed by atoms with van der Waals surface area (Å²) in [7, 11) is 1.57. The zero-order valence-corrected chi connectivity index (χ0v) is 18.7. The van der Waals surface area contributed by atoms with Crippen LogP contribution in [0.1, 0.15) is 29.0 Å². The number of hydrogen-bond donors (Lipinski definition) is 1. The number of ketones is 1. The molecule has 0 unspecified atom stereocenters. The molecule has 1 heterocycles. The van der Waals surface area contributed by atoms with E-state index < -0.39 is 11.3 Å². The zero-order valence-electron chi connectivity index (χ0n) is 17.2. The summed E-state index contributed by atoms with van der Waals surface area (Å²) in [6.45, 7) is 0. The Balaban J connectivity index is 1.80. The topological polar surface area (TPSA) is 55.4 Å². The van der Waals surface area contributed by atoms with E-state index in [4.69, 9.17) is 27.9 Å². The predicted octanol–water partition coefficient (Wildman–Crippen LogP) is 6.03. The number of allylic oxidation sites excluding steroid dienone is 1. The molecule has 1 aliphatic carbocycles. The van der Waals surface area contributed by atoms with Crippen LogP contribution in [0, 0.1) is 0 Å². The van der Waals surface area contributed by atoms with Gasteiger partial charge in [0.1, 0.15) is 11.2 Å². The highest BCUT2D eigenvalue weighted by atomic mass is 35.5. The van der Waals surface area contributed by atoms with Crippen LogP contribution in [0.25, 0.3) is 5.57 Å². The summed E-state index contributed by atoms with van der Waals surface area (Å²) in [6.07, 6.45) is 1.96. The van der Waals surface area contributed by atoms with Crippen molar-refractivity contribution in [1.82, 2.24) is 0 Å². The first-order chi connectivity index (χ1) is 15.4. The summed E-state index contributed by atoms with van der Waals surface area (Å²) in [4.78, 5) is 27.1. The van der Waals surface area contributed by atoms with E-state index in [-0.39, 0.29) is 18.1 Å². The van der Waals surface area contributed by atoms with Gasteiger partial charge in [-0.25, -0.2) is 0 Å². The Morgan fingerprint density at radius 3 is 2.53 bits per heavy atom. The van der Waals surface area contributed by atoms with Crippen LogP contribution in [0.15, 0.2) is 72.8 Å². The van der Waals surface area contributed by atoms with Crippen molar-refractivity contribution in [2.75, 3.05) is 12.4 Å². The zero-order chi connectivity index (χ0) is 22.5. The van der Waals surface area contributed by atoms with E-state index in [1.807, 2.05) is 48.5 Å². The highest BCUT2D eigenvalue weighted by Crippen LogP contribution is 2.54. The lowest BCUT2D eigenvalue weighted by Gasteiger charge is -2.38. The van der Waals surface area contributed by atoms with Crippen LogP contribution in [0.2, 0.25) is 10.0 Å². The lowest BCUT2D eigenvalue weighted by atomic mass is 9.61. The average Bonchev–Trinajstić information content (AvgIpc) is 3.05. The van der Waals surface area contributed by atoms with Gasteiger partial charge >= 0.3 is 0 Å². The van der Waals surface area contributed by atoms with Crippen molar-refractivity contribution >= 4 is 46.2 Å².